The molecule has 0 saturated carbocycles. The summed E-state index contributed by atoms with van der Waals surface area (Å²) in [6, 6.07) is 9.18. The Hall–Kier alpha value is -1.82. The van der Waals surface area contributed by atoms with E-state index in [4.69, 9.17) is 4.78 Å². The number of aryl methyl sites for hydroxylation is 1. The standard InChI is InChI=1S/C14H20N4OS/c1-3-10-18-13(8-9-17-18)11-16-12-4-6-14(7-5-12)20(2,15)19/h4-9,15-16H,3,10-11H2,1-2H3. The summed E-state index contributed by atoms with van der Waals surface area (Å²) in [5.41, 5.74) is 2.08. The topological polar surface area (TPSA) is 70.8 Å². The first-order valence-electron chi connectivity index (χ1n) is 6.59. The average molecular weight is 292 g/mol. The Morgan fingerprint density at radius 1 is 1.30 bits per heavy atom. The highest BCUT2D eigenvalue weighted by Crippen LogP contribution is 2.15. The summed E-state index contributed by atoms with van der Waals surface area (Å²) in [5.74, 6) is 0. The Kier molecular flexibility index (Phi) is 4.44. The third-order valence-electron chi connectivity index (χ3n) is 3.02. The van der Waals surface area contributed by atoms with Gasteiger partial charge in [0.25, 0.3) is 0 Å². The number of rotatable bonds is 6. The number of nitrogens with one attached hydrogen (secondary N) is 2. The molecule has 0 saturated heterocycles. The summed E-state index contributed by atoms with van der Waals surface area (Å²) in [4.78, 5) is 0.555. The molecule has 1 heterocycles. The Balaban J connectivity index is 2.02. The molecule has 20 heavy (non-hydrogen) atoms. The van der Waals surface area contributed by atoms with Gasteiger partial charge in [-0.15, -0.1) is 0 Å². The van der Waals surface area contributed by atoms with Crippen LogP contribution in [-0.2, 0) is 22.8 Å². The molecule has 0 bridgehead atoms. The minimum atomic E-state index is -2.63. The predicted octanol–water partition coefficient (Wildman–Crippen LogP) is 2.94. The van der Waals surface area contributed by atoms with Crippen LogP contribution in [0, 0.1) is 4.78 Å². The molecule has 0 spiro atoms. The fourth-order valence-corrected chi connectivity index (χ4v) is 2.60. The van der Waals surface area contributed by atoms with Crippen LogP contribution in [0.2, 0.25) is 0 Å². The molecule has 1 aromatic carbocycles. The van der Waals surface area contributed by atoms with Crippen LogP contribution < -0.4 is 5.32 Å². The second-order valence-electron chi connectivity index (χ2n) is 4.77. The molecule has 6 heteroatoms. The quantitative estimate of drug-likeness (QED) is 0.860. The molecular formula is C14H20N4OS. The summed E-state index contributed by atoms with van der Waals surface area (Å²) in [5, 5.41) is 7.59. The monoisotopic (exact) mass is 292 g/mol. The lowest BCUT2D eigenvalue weighted by Crippen LogP contribution is -2.09. The van der Waals surface area contributed by atoms with Gasteiger partial charge in [-0.25, -0.2) is 8.99 Å². The number of nitrogens with zero attached hydrogens (tertiary/aromatic N) is 2. The minimum absolute atomic E-state index is 0.555. The van der Waals surface area contributed by atoms with Crippen molar-refractivity contribution in [2.45, 2.75) is 31.3 Å². The highest BCUT2D eigenvalue weighted by molar-refractivity contribution is 7.91. The number of hydrogen-bond donors (Lipinski definition) is 2. The van der Waals surface area contributed by atoms with Gasteiger partial charge in [0, 0.05) is 29.6 Å². The summed E-state index contributed by atoms with van der Waals surface area (Å²) in [6.45, 7) is 3.74. The second kappa shape index (κ2) is 6.09. The van der Waals surface area contributed by atoms with Gasteiger partial charge in [0.15, 0.2) is 0 Å². The SMILES string of the molecule is CCCn1nccc1CNc1ccc(S(C)(=N)=O)cc1. The predicted molar refractivity (Wildman–Crippen MR) is 81.3 cm³/mol. The highest BCUT2D eigenvalue weighted by Gasteiger charge is 2.04. The average Bonchev–Trinajstić information content (AvgIpc) is 2.84. The zero-order valence-electron chi connectivity index (χ0n) is 11.8. The number of anilines is 1. The van der Waals surface area contributed by atoms with E-state index < -0.39 is 9.73 Å². The lowest BCUT2D eigenvalue weighted by Gasteiger charge is -2.09. The number of hydrogen-bond acceptors (Lipinski definition) is 4. The van der Waals surface area contributed by atoms with Gasteiger partial charge in [0.05, 0.1) is 22.0 Å². The van der Waals surface area contributed by atoms with E-state index in [2.05, 4.69) is 17.3 Å². The van der Waals surface area contributed by atoms with Gasteiger partial charge < -0.3 is 5.32 Å². The summed E-state index contributed by atoms with van der Waals surface area (Å²) >= 11 is 0. The summed E-state index contributed by atoms with van der Waals surface area (Å²) < 4.78 is 21.1. The molecule has 2 N–H and O–H groups in total. The van der Waals surface area contributed by atoms with Crippen molar-refractivity contribution in [1.82, 2.24) is 9.78 Å². The maximum absolute atomic E-state index is 11.6. The summed E-state index contributed by atoms with van der Waals surface area (Å²) in [7, 11) is -2.63. The van der Waals surface area contributed by atoms with Crippen LogP contribution in [0.3, 0.4) is 0 Å². The molecule has 0 aliphatic carbocycles. The molecule has 2 rings (SSSR count). The van der Waals surface area contributed by atoms with Gasteiger partial charge >= 0.3 is 0 Å². The van der Waals surface area contributed by atoms with Gasteiger partial charge in [-0.2, -0.15) is 5.10 Å². The molecule has 2 aromatic rings. The van der Waals surface area contributed by atoms with Crippen molar-refractivity contribution in [3.8, 4) is 0 Å². The Morgan fingerprint density at radius 2 is 2.00 bits per heavy atom. The van der Waals surface area contributed by atoms with Crippen molar-refractivity contribution in [2.24, 2.45) is 0 Å². The van der Waals surface area contributed by atoms with Gasteiger partial charge in [0.2, 0.25) is 0 Å². The molecule has 5 nitrogen and oxygen atoms in total. The zero-order valence-corrected chi connectivity index (χ0v) is 12.6. The van der Waals surface area contributed by atoms with Crippen molar-refractivity contribution < 1.29 is 4.21 Å². The van der Waals surface area contributed by atoms with Crippen LogP contribution in [-0.4, -0.2) is 20.2 Å². The molecule has 1 atom stereocenters. The molecule has 0 aliphatic heterocycles. The van der Waals surface area contributed by atoms with Gasteiger partial charge in [0.1, 0.15) is 0 Å². The third kappa shape index (κ3) is 3.60. The smallest absolute Gasteiger partial charge is 0.0696 e. The van der Waals surface area contributed by atoms with E-state index >= 15 is 0 Å². The summed E-state index contributed by atoms with van der Waals surface area (Å²) in [6.07, 6.45) is 4.29. The first-order chi connectivity index (χ1) is 9.50. The van der Waals surface area contributed by atoms with E-state index in [9.17, 15) is 4.21 Å². The molecule has 0 fully saturated rings. The van der Waals surface area contributed by atoms with Crippen LogP contribution in [0.15, 0.2) is 41.4 Å². The van der Waals surface area contributed by atoms with Gasteiger partial charge in [-0.05, 0) is 36.8 Å². The fraction of sp³-hybridized carbons (Fsp3) is 0.357. The molecule has 108 valence electrons. The van der Waals surface area contributed by atoms with E-state index in [0.29, 0.717) is 11.4 Å². The highest BCUT2D eigenvalue weighted by atomic mass is 32.2. The number of benzene rings is 1. The Morgan fingerprint density at radius 3 is 2.60 bits per heavy atom. The first-order valence-corrected chi connectivity index (χ1v) is 8.56. The molecule has 0 aliphatic rings. The van der Waals surface area contributed by atoms with Crippen LogP contribution in [0.1, 0.15) is 19.0 Å². The lowest BCUT2D eigenvalue weighted by atomic mass is 10.3. The van der Waals surface area contributed by atoms with E-state index in [1.165, 1.54) is 6.26 Å². The molecule has 1 aromatic heterocycles. The zero-order chi connectivity index (χ0) is 14.6. The van der Waals surface area contributed by atoms with E-state index in [1.54, 1.807) is 12.1 Å². The minimum Gasteiger partial charge on any atom is -0.379 e. The normalized spacial score (nSPS) is 13.9. The van der Waals surface area contributed by atoms with E-state index in [-0.39, 0.29) is 0 Å². The largest absolute Gasteiger partial charge is 0.379 e. The van der Waals surface area contributed by atoms with Crippen molar-refractivity contribution in [2.75, 3.05) is 11.6 Å². The first kappa shape index (κ1) is 14.6. The fourth-order valence-electron chi connectivity index (χ4n) is 1.95. The maximum atomic E-state index is 11.6. The maximum Gasteiger partial charge on any atom is 0.0696 e. The van der Waals surface area contributed by atoms with Crippen LogP contribution in [0.5, 0.6) is 0 Å². The van der Waals surface area contributed by atoms with Crippen LogP contribution in [0.4, 0.5) is 5.69 Å². The van der Waals surface area contributed by atoms with Crippen molar-refractivity contribution in [3.05, 3.63) is 42.2 Å². The number of aromatic nitrogens is 2. The van der Waals surface area contributed by atoms with Crippen molar-refractivity contribution >= 4 is 15.4 Å². The van der Waals surface area contributed by atoms with E-state index in [0.717, 1.165) is 24.3 Å². The van der Waals surface area contributed by atoms with Gasteiger partial charge in [-0.3, -0.25) is 4.68 Å². The van der Waals surface area contributed by atoms with Crippen LogP contribution in [0.25, 0.3) is 0 Å². The van der Waals surface area contributed by atoms with Crippen molar-refractivity contribution in [1.29, 1.82) is 4.78 Å². The molecule has 0 radical (unpaired) electrons. The Labute approximate surface area is 120 Å². The molecular weight excluding hydrogens is 272 g/mol. The van der Waals surface area contributed by atoms with E-state index in [1.807, 2.05) is 29.1 Å². The van der Waals surface area contributed by atoms with Gasteiger partial charge in [-0.1, -0.05) is 6.92 Å². The third-order valence-corrected chi connectivity index (χ3v) is 4.19. The second-order valence-corrected chi connectivity index (χ2v) is 6.93. The van der Waals surface area contributed by atoms with Crippen LogP contribution >= 0.6 is 0 Å². The van der Waals surface area contributed by atoms with Crippen molar-refractivity contribution in [3.63, 3.8) is 0 Å². The molecule has 0 amide bonds. The Bertz CT molecular complexity index is 659. The molecule has 1 unspecified atom stereocenters. The lowest BCUT2D eigenvalue weighted by molar-refractivity contribution is 0.578.